The van der Waals surface area contributed by atoms with E-state index in [4.69, 9.17) is 9.47 Å². The van der Waals surface area contributed by atoms with Gasteiger partial charge in [-0.1, -0.05) is 31.5 Å². The van der Waals surface area contributed by atoms with Crippen molar-refractivity contribution >= 4 is 5.96 Å². The first-order valence-electron chi connectivity index (χ1n) is 8.60. The highest BCUT2D eigenvalue weighted by atomic mass is 16.5. The third kappa shape index (κ3) is 6.10. The molecule has 2 N–H and O–H groups in total. The molecule has 1 aromatic rings. The molecular formula is C18H29N3O2. The summed E-state index contributed by atoms with van der Waals surface area (Å²) in [5, 5.41) is 6.64. The Hall–Kier alpha value is -1.75. The maximum absolute atomic E-state index is 5.92. The number of aliphatic imine (C=N–C) groups is 1. The monoisotopic (exact) mass is 319 g/mol. The van der Waals surface area contributed by atoms with E-state index >= 15 is 0 Å². The van der Waals surface area contributed by atoms with E-state index in [0.29, 0.717) is 0 Å². The predicted molar refractivity (Wildman–Crippen MR) is 94.3 cm³/mol. The molecule has 0 spiro atoms. The summed E-state index contributed by atoms with van der Waals surface area (Å²) in [5.74, 6) is 1.82. The van der Waals surface area contributed by atoms with Crippen LogP contribution in [0, 0.1) is 0 Å². The Morgan fingerprint density at radius 1 is 1.26 bits per heavy atom. The summed E-state index contributed by atoms with van der Waals surface area (Å²) in [6.07, 6.45) is 4.42. The molecule has 1 heterocycles. The molecule has 1 aromatic carbocycles. The van der Waals surface area contributed by atoms with Gasteiger partial charge in [-0.15, -0.1) is 0 Å². The van der Waals surface area contributed by atoms with Gasteiger partial charge in [0.2, 0.25) is 0 Å². The molecule has 0 radical (unpaired) electrons. The number of guanidine groups is 1. The summed E-state index contributed by atoms with van der Waals surface area (Å²) in [7, 11) is 1.79. The summed E-state index contributed by atoms with van der Waals surface area (Å²) >= 11 is 0. The second kappa shape index (κ2) is 10.1. The zero-order chi connectivity index (χ0) is 16.3. The third-order valence-electron chi connectivity index (χ3n) is 3.83. The molecule has 0 aromatic heterocycles. The molecule has 0 saturated heterocycles. The lowest BCUT2D eigenvalue weighted by atomic mass is 10.1. The van der Waals surface area contributed by atoms with Gasteiger partial charge in [0.15, 0.2) is 5.96 Å². The second-order valence-corrected chi connectivity index (χ2v) is 5.75. The van der Waals surface area contributed by atoms with Gasteiger partial charge in [-0.05, 0) is 24.5 Å². The Morgan fingerprint density at radius 2 is 2.09 bits per heavy atom. The van der Waals surface area contributed by atoms with E-state index in [0.717, 1.165) is 57.3 Å². The van der Waals surface area contributed by atoms with Crippen molar-refractivity contribution in [1.29, 1.82) is 0 Å². The van der Waals surface area contributed by atoms with Gasteiger partial charge in [-0.25, -0.2) is 0 Å². The Morgan fingerprint density at radius 3 is 2.87 bits per heavy atom. The normalized spacial score (nSPS) is 16.8. The van der Waals surface area contributed by atoms with Crippen LogP contribution in [0.4, 0.5) is 0 Å². The van der Waals surface area contributed by atoms with Gasteiger partial charge in [0, 0.05) is 33.2 Å². The Balaban J connectivity index is 1.57. The average Bonchev–Trinajstić information content (AvgIpc) is 2.99. The van der Waals surface area contributed by atoms with Crippen molar-refractivity contribution in [2.45, 2.75) is 38.7 Å². The number of rotatable bonds is 9. The molecule has 1 atom stereocenters. The molecule has 1 aliphatic rings. The summed E-state index contributed by atoms with van der Waals surface area (Å²) in [5.41, 5.74) is 1.28. The van der Waals surface area contributed by atoms with E-state index in [1.54, 1.807) is 7.05 Å². The van der Waals surface area contributed by atoms with E-state index in [1.807, 2.05) is 12.1 Å². The quantitative estimate of drug-likeness (QED) is 0.417. The number of unbranched alkanes of at least 4 members (excludes halogenated alkanes) is 1. The maximum atomic E-state index is 5.92. The van der Waals surface area contributed by atoms with Crippen LogP contribution in [0.3, 0.4) is 0 Å². The zero-order valence-electron chi connectivity index (χ0n) is 14.3. The lowest BCUT2D eigenvalue weighted by molar-refractivity contribution is 0.129. The summed E-state index contributed by atoms with van der Waals surface area (Å²) in [6.45, 7) is 5.44. The number of benzene rings is 1. The van der Waals surface area contributed by atoms with E-state index < -0.39 is 0 Å². The highest BCUT2D eigenvalue weighted by Gasteiger charge is 2.22. The smallest absolute Gasteiger partial charge is 0.191 e. The largest absolute Gasteiger partial charge is 0.488 e. The molecule has 2 rings (SSSR count). The van der Waals surface area contributed by atoms with Crippen LogP contribution in [0.25, 0.3) is 0 Å². The van der Waals surface area contributed by atoms with Gasteiger partial charge >= 0.3 is 0 Å². The van der Waals surface area contributed by atoms with Crippen molar-refractivity contribution in [3.05, 3.63) is 29.8 Å². The molecule has 1 unspecified atom stereocenters. The summed E-state index contributed by atoms with van der Waals surface area (Å²) < 4.78 is 11.5. The summed E-state index contributed by atoms with van der Waals surface area (Å²) in [6, 6.07) is 8.22. The third-order valence-corrected chi connectivity index (χ3v) is 3.83. The SMILES string of the molecule is CCCCOCCCNC(=NC)NCC1Cc2ccccc2O1. The fraction of sp³-hybridized carbons (Fsp3) is 0.611. The molecule has 5 heteroatoms. The van der Waals surface area contributed by atoms with Crippen LogP contribution in [0.1, 0.15) is 31.7 Å². The fourth-order valence-electron chi connectivity index (χ4n) is 2.53. The fourth-order valence-corrected chi connectivity index (χ4v) is 2.53. The highest BCUT2D eigenvalue weighted by Crippen LogP contribution is 2.27. The first-order valence-corrected chi connectivity index (χ1v) is 8.60. The number of fused-ring (bicyclic) bond motifs is 1. The van der Waals surface area contributed by atoms with Crippen molar-refractivity contribution < 1.29 is 9.47 Å². The van der Waals surface area contributed by atoms with Crippen LogP contribution in [-0.4, -0.2) is 45.4 Å². The number of para-hydroxylation sites is 1. The van der Waals surface area contributed by atoms with Crippen molar-refractivity contribution in [2.24, 2.45) is 4.99 Å². The molecular weight excluding hydrogens is 290 g/mol. The minimum absolute atomic E-state index is 0.170. The standard InChI is InChI=1S/C18H29N3O2/c1-3-4-11-22-12-7-10-20-18(19-2)21-14-16-13-15-8-5-6-9-17(15)23-16/h5-6,8-9,16H,3-4,7,10-14H2,1-2H3,(H2,19,20,21). The first-order chi connectivity index (χ1) is 11.3. The molecule has 0 bridgehead atoms. The number of hydrogen-bond acceptors (Lipinski definition) is 3. The minimum atomic E-state index is 0.170. The molecule has 23 heavy (non-hydrogen) atoms. The van der Waals surface area contributed by atoms with Gasteiger partial charge in [0.05, 0.1) is 6.54 Å². The van der Waals surface area contributed by atoms with Crippen LogP contribution in [-0.2, 0) is 11.2 Å². The Kier molecular flexibility index (Phi) is 7.73. The van der Waals surface area contributed by atoms with E-state index in [-0.39, 0.29) is 6.10 Å². The first kappa shape index (κ1) is 17.6. The second-order valence-electron chi connectivity index (χ2n) is 5.75. The number of ether oxygens (including phenoxy) is 2. The summed E-state index contributed by atoms with van der Waals surface area (Å²) in [4.78, 5) is 4.24. The van der Waals surface area contributed by atoms with Gasteiger partial charge in [0.25, 0.3) is 0 Å². The van der Waals surface area contributed by atoms with Crippen LogP contribution in [0.2, 0.25) is 0 Å². The topological polar surface area (TPSA) is 54.9 Å². The van der Waals surface area contributed by atoms with E-state index in [9.17, 15) is 0 Å². The van der Waals surface area contributed by atoms with Crippen molar-refractivity contribution in [1.82, 2.24) is 10.6 Å². The lowest BCUT2D eigenvalue weighted by Gasteiger charge is -2.15. The minimum Gasteiger partial charge on any atom is -0.488 e. The van der Waals surface area contributed by atoms with Crippen LogP contribution in [0.5, 0.6) is 5.75 Å². The van der Waals surface area contributed by atoms with Crippen molar-refractivity contribution in [3.8, 4) is 5.75 Å². The number of hydrogen-bond donors (Lipinski definition) is 2. The van der Waals surface area contributed by atoms with Gasteiger partial charge in [-0.2, -0.15) is 0 Å². The van der Waals surface area contributed by atoms with E-state index in [2.05, 4.69) is 34.7 Å². The zero-order valence-corrected chi connectivity index (χ0v) is 14.3. The number of nitrogens with one attached hydrogen (secondary N) is 2. The highest BCUT2D eigenvalue weighted by molar-refractivity contribution is 5.79. The molecule has 0 aliphatic carbocycles. The van der Waals surface area contributed by atoms with Gasteiger partial charge < -0.3 is 20.1 Å². The average molecular weight is 319 g/mol. The molecule has 1 aliphatic heterocycles. The van der Waals surface area contributed by atoms with Crippen molar-refractivity contribution in [2.75, 3.05) is 33.4 Å². The Bertz CT molecular complexity index is 466. The maximum Gasteiger partial charge on any atom is 0.191 e. The number of nitrogens with zero attached hydrogens (tertiary/aromatic N) is 1. The van der Waals surface area contributed by atoms with Crippen LogP contribution < -0.4 is 15.4 Å². The Labute approximate surface area is 139 Å². The van der Waals surface area contributed by atoms with Crippen LogP contribution >= 0.6 is 0 Å². The lowest BCUT2D eigenvalue weighted by Crippen LogP contribution is -2.42. The molecule has 0 amide bonds. The van der Waals surface area contributed by atoms with Gasteiger partial charge in [-0.3, -0.25) is 4.99 Å². The molecule has 0 saturated carbocycles. The van der Waals surface area contributed by atoms with Crippen molar-refractivity contribution in [3.63, 3.8) is 0 Å². The molecule has 5 nitrogen and oxygen atoms in total. The molecule has 128 valence electrons. The predicted octanol–water partition coefficient (Wildman–Crippen LogP) is 2.36. The van der Waals surface area contributed by atoms with E-state index in [1.165, 1.54) is 12.0 Å². The van der Waals surface area contributed by atoms with Gasteiger partial charge in [0.1, 0.15) is 11.9 Å². The van der Waals surface area contributed by atoms with Crippen LogP contribution in [0.15, 0.2) is 29.3 Å². The molecule has 0 fully saturated rings.